The molecule has 0 aliphatic rings. The monoisotopic (exact) mass is 183 g/mol. The van der Waals surface area contributed by atoms with Crippen LogP contribution >= 0.6 is 0 Å². The van der Waals surface area contributed by atoms with Gasteiger partial charge in [-0.25, -0.2) is 0 Å². The molecule has 1 atom stereocenters. The molecule has 0 saturated heterocycles. The molecule has 0 bridgehead atoms. The van der Waals surface area contributed by atoms with E-state index >= 15 is 0 Å². The van der Waals surface area contributed by atoms with Gasteiger partial charge in [-0.1, -0.05) is 0 Å². The average Bonchev–Trinajstić information content (AvgIpc) is 2.32. The van der Waals surface area contributed by atoms with Crippen molar-refractivity contribution in [2.45, 2.75) is 26.4 Å². The summed E-state index contributed by atoms with van der Waals surface area (Å²) >= 11 is 0. The Morgan fingerprint density at radius 1 is 1.85 bits per heavy atom. The van der Waals surface area contributed by atoms with Crippen LogP contribution in [0.25, 0.3) is 0 Å². The number of carboxylic acid groups (broad SMARTS) is 1. The fourth-order valence-corrected chi connectivity index (χ4v) is 1.20. The molecule has 1 aromatic rings. The third kappa shape index (κ3) is 2.06. The summed E-state index contributed by atoms with van der Waals surface area (Å²) in [4.78, 5) is 10.4. The Balaban J connectivity index is 2.92. The summed E-state index contributed by atoms with van der Waals surface area (Å²) in [6.07, 6.45) is 1.61. The largest absolute Gasteiger partial charge is 0.480 e. The molecule has 0 radical (unpaired) electrons. The predicted molar refractivity (Wildman–Crippen MR) is 47.2 cm³/mol. The lowest BCUT2D eigenvalue weighted by Gasteiger charge is -2.04. The highest BCUT2D eigenvalue weighted by molar-refractivity contribution is 5.66. The fourth-order valence-electron chi connectivity index (χ4n) is 1.20. The van der Waals surface area contributed by atoms with Gasteiger partial charge in [-0.05, 0) is 13.8 Å². The van der Waals surface area contributed by atoms with Crippen LogP contribution in [-0.2, 0) is 11.3 Å². The van der Waals surface area contributed by atoms with E-state index < -0.39 is 5.97 Å². The number of aromatic nitrogens is 2. The molecule has 1 rings (SSSR count). The number of nitrogens with zero attached hydrogens (tertiary/aromatic N) is 2. The zero-order valence-corrected chi connectivity index (χ0v) is 7.69. The van der Waals surface area contributed by atoms with Crippen molar-refractivity contribution in [2.24, 2.45) is 5.73 Å². The van der Waals surface area contributed by atoms with Crippen molar-refractivity contribution in [3.05, 3.63) is 17.5 Å². The van der Waals surface area contributed by atoms with E-state index in [4.69, 9.17) is 10.8 Å². The van der Waals surface area contributed by atoms with Gasteiger partial charge in [0.05, 0.1) is 6.20 Å². The summed E-state index contributed by atoms with van der Waals surface area (Å²) in [5, 5.41) is 12.5. The maximum Gasteiger partial charge on any atom is 0.325 e. The maximum atomic E-state index is 10.4. The van der Waals surface area contributed by atoms with Crippen LogP contribution in [0.15, 0.2) is 6.20 Å². The van der Waals surface area contributed by atoms with Crippen LogP contribution in [-0.4, -0.2) is 20.9 Å². The summed E-state index contributed by atoms with van der Waals surface area (Å²) in [7, 11) is 0. The molecule has 72 valence electrons. The van der Waals surface area contributed by atoms with Gasteiger partial charge in [0.15, 0.2) is 0 Å². The lowest BCUT2D eigenvalue weighted by molar-refractivity contribution is -0.137. The van der Waals surface area contributed by atoms with Gasteiger partial charge in [0.25, 0.3) is 0 Å². The quantitative estimate of drug-likeness (QED) is 0.706. The minimum atomic E-state index is -0.901. The second-order valence-electron chi connectivity index (χ2n) is 3.03. The first kappa shape index (κ1) is 9.73. The van der Waals surface area contributed by atoms with E-state index in [1.54, 1.807) is 6.20 Å². The topological polar surface area (TPSA) is 81.1 Å². The number of rotatable bonds is 3. The minimum Gasteiger partial charge on any atom is -0.480 e. The van der Waals surface area contributed by atoms with Crippen LogP contribution in [0.4, 0.5) is 0 Å². The second-order valence-corrected chi connectivity index (χ2v) is 3.03. The Labute approximate surface area is 76.2 Å². The molecule has 0 amide bonds. The number of nitrogens with two attached hydrogens (primary N) is 1. The number of carboxylic acids is 1. The Hall–Kier alpha value is -1.36. The Morgan fingerprint density at radius 2 is 2.46 bits per heavy atom. The molecule has 1 unspecified atom stereocenters. The van der Waals surface area contributed by atoms with E-state index in [1.807, 2.05) is 13.8 Å². The van der Waals surface area contributed by atoms with Gasteiger partial charge in [0, 0.05) is 17.3 Å². The van der Waals surface area contributed by atoms with Crippen LogP contribution in [0.1, 0.15) is 24.2 Å². The molecule has 0 aliphatic heterocycles. The van der Waals surface area contributed by atoms with Crippen LogP contribution < -0.4 is 5.73 Å². The molecule has 0 saturated carbocycles. The first-order chi connectivity index (χ1) is 6.02. The van der Waals surface area contributed by atoms with E-state index in [-0.39, 0.29) is 12.6 Å². The fraction of sp³-hybridized carbons (Fsp3) is 0.500. The Morgan fingerprint density at radius 3 is 2.85 bits per heavy atom. The highest BCUT2D eigenvalue weighted by Gasteiger charge is 2.11. The highest BCUT2D eigenvalue weighted by Crippen LogP contribution is 2.13. The molecule has 13 heavy (non-hydrogen) atoms. The minimum absolute atomic E-state index is 0.109. The number of carbonyl (C=O) groups is 1. The smallest absolute Gasteiger partial charge is 0.325 e. The molecule has 0 spiro atoms. The molecular weight excluding hydrogens is 170 g/mol. The summed E-state index contributed by atoms with van der Waals surface area (Å²) in [6.45, 7) is 3.54. The van der Waals surface area contributed by atoms with Gasteiger partial charge in [-0.15, -0.1) is 0 Å². The summed E-state index contributed by atoms with van der Waals surface area (Å²) < 4.78 is 1.43. The van der Waals surface area contributed by atoms with Crippen molar-refractivity contribution in [1.82, 2.24) is 9.78 Å². The second kappa shape index (κ2) is 3.57. The molecule has 1 aromatic heterocycles. The van der Waals surface area contributed by atoms with Crippen molar-refractivity contribution < 1.29 is 9.90 Å². The number of hydrogen-bond donors (Lipinski definition) is 2. The number of hydrogen-bond acceptors (Lipinski definition) is 3. The molecule has 5 heteroatoms. The van der Waals surface area contributed by atoms with E-state index in [0.29, 0.717) is 0 Å². The van der Waals surface area contributed by atoms with Crippen LogP contribution in [0.3, 0.4) is 0 Å². The van der Waals surface area contributed by atoms with Gasteiger partial charge in [0.2, 0.25) is 0 Å². The van der Waals surface area contributed by atoms with Gasteiger partial charge in [0.1, 0.15) is 6.54 Å². The Bertz CT molecular complexity index is 317. The lowest BCUT2D eigenvalue weighted by Crippen LogP contribution is -2.13. The van der Waals surface area contributed by atoms with E-state index in [1.165, 1.54) is 4.68 Å². The highest BCUT2D eigenvalue weighted by atomic mass is 16.4. The van der Waals surface area contributed by atoms with E-state index in [9.17, 15) is 4.79 Å². The van der Waals surface area contributed by atoms with Crippen molar-refractivity contribution in [2.75, 3.05) is 0 Å². The van der Waals surface area contributed by atoms with E-state index in [0.717, 1.165) is 11.3 Å². The van der Waals surface area contributed by atoms with E-state index in [2.05, 4.69) is 5.10 Å². The molecular formula is C8H13N3O2. The lowest BCUT2D eigenvalue weighted by atomic mass is 10.1. The normalized spacial score (nSPS) is 12.8. The van der Waals surface area contributed by atoms with Crippen molar-refractivity contribution in [3.8, 4) is 0 Å². The third-order valence-electron chi connectivity index (χ3n) is 1.92. The molecule has 0 aliphatic carbocycles. The van der Waals surface area contributed by atoms with Crippen LogP contribution in [0, 0.1) is 6.92 Å². The predicted octanol–water partition coefficient (Wildman–Crippen LogP) is 0.296. The van der Waals surface area contributed by atoms with Crippen LogP contribution in [0.5, 0.6) is 0 Å². The molecule has 1 heterocycles. The summed E-state index contributed by atoms with van der Waals surface area (Å²) in [5.41, 5.74) is 7.37. The van der Waals surface area contributed by atoms with Gasteiger partial charge < -0.3 is 10.8 Å². The van der Waals surface area contributed by atoms with Crippen molar-refractivity contribution in [3.63, 3.8) is 0 Å². The zero-order valence-electron chi connectivity index (χ0n) is 7.69. The SMILES string of the molecule is Cc1c(C(C)N)cnn1CC(=O)O. The summed E-state index contributed by atoms with van der Waals surface area (Å²) in [5.74, 6) is -0.901. The molecule has 5 nitrogen and oxygen atoms in total. The standard InChI is InChI=1S/C8H13N3O2/c1-5(9)7-3-10-11(6(7)2)4-8(12)13/h3,5H,4,9H2,1-2H3,(H,12,13). The third-order valence-corrected chi connectivity index (χ3v) is 1.92. The number of aliphatic carboxylic acids is 1. The first-order valence-corrected chi connectivity index (χ1v) is 4.02. The van der Waals surface area contributed by atoms with Gasteiger partial charge in [-0.3, -0.25) is 9.48 Å². The van der Waals surface area contributed by atoms with Crippen molar-refractivity contribution in [1.29, 1.82) is 0 Å². The zero-order chi connectivity index (χ0) is 10.0. The van der Waals surface area contributed by atoms with Gasteiger partial charge >= 0.3 is 5.97 Å². The Kier molecular flexibility index (Phi) is 2.67. The molecule has 3 N–H and O–H groups in total. The average molecular weight is 183 g/mol. The first-order valence-electron chi connectivity index (χ1n) is 4.02. The van der Waals surface area contributed by atoms with Crippen LogP contribution in [0.2, 0.25) is 0 Å². The van der Waals surface area contributed by atoms with Crippen molar-refractivity contribution >= 4 is 5.97 Å². The summed E-state index contributed by atoms with van der Waals surface area (Å²) in [6, 6.07) is -0.109. The van der Waals surface area contributed by atoms with Gasteiger partial charge in [-0.2, -0.15) is 5.10 Å². The molecule has 0 aromatic carbocycles. The molecule has 0 fully saturated rings. The maximum absolute atomic E-state index is 10.4.